The summed E-state index contributed by atoms with van der Waals surface area (Å²) in [6, 6.07) is 20.1. The lowest BCUT2D eigenvalue weighted by Crippen LogP contribution is -2.52. The maximum absolute atomic E-state index is 13.5. The molecule has 1 aromatic heterocycles. The first-order chi connectivity index (χ1) is 16.0. The number of methoxy groups -OCH3 is 1. The fourth-order valence-corrected chi connectivity index (χ4v) is 5.90. The predicted octanol–water partition coefficient (Wildman–Crippen LogP) is 4.41. The van der Waals surface area contributed by atoms with E-state index in [0.717, 1.165) is 28.6 Å². The van der Waals surface area contributed by atoms with Crippen LogP contribution in [0.25, 0.3) is 10.9 Å². The molecule has 0 spiro atoms. The van der Waals surface area contributed by atoms with Crippen LogP contribution in [0.1, 0.15) is 43.0 Å². The molecule has 2 aliphatic rings. The van der Waals surface area contributed by atoms with Gasteiger partial charge in [-0.2, -0.15) is 0 Å². The van der Waals surface area contributed by atoms with Gasteiger partial charge < -0.3 is 18.9 Å². The van der Waals surface area contributed by atoms with Crippen molar-refractivity contribution in [1.29, 1.82) is 0 Å². The second-order valence-electron chi connectivity index (χ2n) is 9.08. The highest BCUT2D eigenvalue weighted by Crippen LogP contribution is 2.48. The SMILES string of the molecule is CC[C@@H]1C2OC[C@@H](c3ccccc3)N2C(=O)C[C@H]1C(C(=O)OC)c1cc2ccccc2n1C. The first kappa shape index (κ1) is 21.7. The number of aryl methyl sites for hydroxylation is 1. The molecule has 2 unspecified atom stereocenters. The number of rotatable bonds is 5. The minimum Gasteiger partial charge on any atom is -0.468 e. The van der Waals surface area contributed by atoms with Crippen LogP contribution in [0.2, 0.25) is 0 Å². The number of piperidine rings is 1. The van der Waals surface area contributed by atoms with Crippen LogP contribution >= 0.6 is 0 Å². The van der Waals surface area contributed by atoms with Gasteiger partial charge in [0.1, 0.15) is 12.1 Å². The zero-order valence-corrected chi connectivity index (χ0v) is 19.3. The van der Waals surface area contributed by atoms with Crippen molar-refractivity contribution < 1.29 is 19.1 Å². The van der Waals surface area contributed by atoms with Gasteiger partial charge in [0.25, 0.3) is 0 Å². The summed E-state index contributed by atoms with van der Waals surface area (Å²) >= 11 is 0. The Balaban J connectivity index is 1.54. The molecule has 5 atom stereocenters. The third kappa shape index (κ3) is 3.53. The normalized spacial score (nSPS) is 25.8. The van der Waals surface area contributed by atoms with Crippen LogP contribution in [0, 0.1) is 11.8 Å². The van der Waals surface area contributed by atoms with Crippen LogP contribution in [-0.2, 0) is 26.1 Å². The van der Waals surface area contributed by atoms with Gasteiger partial charge in [0, 0.05) is 30.6 Å². The van der Waals surface area contributed by atoms with E-state index in [1.54, 1.807) is 0 Å². The average Bonchev–Trinajstić information content (AvgIpc) is 3.43. The molecule has 1 amide bonds. The van der Waals surface area contributed by atoms with Crippen LogP contribution in [0.15, 0.2) is 60.7 Å². The van der Waals surface area contributed by atoms with E-state index in [1.165, 1.54) is 7.11 Å². The predicted molar refractivity (Wildman–Crippen MR) is 125 cm³/mol. The van der Waals surface area contributed by atoms with Crippen LogP contribution in [0.4, 0.5) is 0 Å². The molecule has 6 heteroatoms. The van der Waals surface area contributed by atoms with Gasteiger partial charge in [-0.1, -0.05) is 55.5 Å². The Morgan fingerprint density at radius 1 is 1.15 bits per heavy atom. The number of hydrogen-bond donors (Lipinski definition) is 0. The Morgan fingerprint density at radius 2 is 1.88 bits per heavy atom. The largest absolute Gasteiger partial charge is 0.468 e. The highest BCUT2D eigenvalue weighted by Gasteiger charge is 2.52. The fourth-order valence-electron chi connectivity index (χ4n) is 5.90. The number of para-hydroxylation sites is 1. The van der Waals surface area contributed by atoms with Gasteiger partial charge in [-0.15, -0.1) is 0 Å². The molecule has 33 heavy (non-hydrogen) atoms. The minimum atomic E-state index is -0.539. The number of benzene rings is 2. The van der Waals surface area contributed by atoms with Crippen molar-refractivity contribution in [3.05, 3.63) is 71.9 Å². The Bertz CT molecular complexity index is 1170. The lowest BCUT2D eigenvalue weighted by molar-refractivity contribution is -0.158. The van der Waals surface area contributed by atoms with Crippen molar-refractivity contribution in [1.82, 2.24) is 9.47 Å². The van der Waals surface area contributed by atoms with Gasteiger partial charge in [0.2, 0.25) is 5.91 Å². The van der Waals surface area contributed by atoms with E-state index >= 15 is 0 Å². The van der Waals surface area contributed by atoms with Crippen LogP contribution < -0.4 is 0 Å². The third-order valence-corrected chi connectivity index (χ3v) is 7.50. The number of aromatic nitrogens is 1. The van der Waals surface area contributed by atoms with Gasteiger partial charge in [0.15, 0.2) is 0 Å². The van der Waals surface area contributed by atoms with Crippen LogP contribution in [0.5, 0.6) is 0 Å². The van der Waals surface area contributed by atoms with Gasteiger partial charge in [-0.05, 0) is 35.4 Å². The monoisotopic (exact) mass is 446 g/mol. The first-order valence-corrected chi connectivity index (χ1v) is 11.6. The van der Waals surface area contributed by atoms with Crippen molar-refractivity contribution in [2.75, 3.05) is 13.7 Å². The molecule has 2 saturated heterocycles. The molecule has 0 radical (unpaired) electrons. The molecule has 6 nitrogen and oxygen atoms in total. The minimum absolute atomic E-state index is 0.0264. The average molecular weight is 447 g/mol. The number of nitrogens with zero attached hydrogens (tertiary/aromatic N) is 2. The van der Waals surface area contributed by atoms with E-state index in [2.05, 4.69) is 17.6 Å². The topological polar surface area (TPSA) is 60.8 Å². The first-order valence-electron chi connectivity index (χ1n) is 11.6. The van der Waals surface area contributed by atoms with Crippen molar-refractivity contribution >= 4 is 22.8 Å². The Hall–Kier alpha value is -3.12. The number of fused-ring (bicyclic) bond motifs is 2. The second-order valence-corrected chi connectivity index (χ2v) is 9.08. The molecule has 5 rings (SSSR count). The van der Waals surface area contributed by atoms with Crippen molar-refractivity contribution in [3.63, 3.8) is 0 Å². The summed E-state index contributed by atoms with van der Waals surface area (Å²) in [5, 5.41) is 1.07. The number of esters is 1. The summed E-state index contributed by atoms with van der Waals surface area (Å²) < 4.78 is 13.6. The molecule has 0 N–H and O–H groups in total. The molecule has 3 heterocycles. The number of hydrogen-bond acceptors (Lipinski definition) is 4. The summed E-state index contributed by atoms with van der Waals surface area (Å²) in [5.74, 6) is -0.980. The number of carbonyl (C=O) groups excluding carboxylic acids is 2. The summed E-state index contributed by atoms with van der Waals surface area (Å²) in [4.78, 5) is 28.6. The second kappa shape index (κ2) is 8.67. The van der Waals surface area contributed by atoms with E-state index in [-0.39, 0.29) is 36.0 Å². The molecule has 0 bridgehead atoms. The van der Waals surface area contributed by atoms with Gasteiger partial charge in [-0.3, -0.25) is 9.59 Å². The zero-order chi connectivity index (χ0) is 23.1. The maximum atomic E-state index is 13.5. The van der Waals surface area contributed by atoms with E-state index in [4.69, 9.17) is 9.47 Å². The fraction of sp³-hybridized carbons (Fsp3) is 0.407. The summed E-state index contributed by atoms with van der Waals surface area (Å²) in [7, 11) is 3.40. The number of carbonyl (C=O) groups is 2. The molecule has 172 valence electrons. The Kier molecular flexibility index (Phi) is 5.71. The molecule has 3 aromatic rings. The summed E-state index contributed by atoms with van der Waals surface area (Å²) in [5.41, 5.74) is 3.02. The zero-order valence-electron chi connectivity index (χ0n) is 19.3. The van der Waals surface area contributed by atoms with E-state index in [1.807, 2.05) is 66.5 Å². The van der Waals surface area contributed by atoms with Crippen molar-refractivity contribution in [2.45, 2.75) is 38.0 Å². The van der Waals surface area contributed by atoms with Gasteiger partial charge >= 0.3 is 5.97 Å². The Labute approximate surface area is 194 Å². The molecular formula is C27H30N2O4. The number of amides is 1. The van der Waals surface area contributed by atoms with Crippen molar-refractivity contribution in [3.8, 4) is 0 Å². The van der Waals surface area contributed by atoms with Crippen LogP contribution in [-0.4, -0.2) is 41.3 Å². The smallest absolute Gasteiger partial charge is 0.314 e. The molecule has 0 saturated carbocycles. The standard InChI is InChI=1S/C27H30N2O4/c1-4-19-20(15-24(30)29-23(16-33-26(19)29)17-10-6-5-7-11-17)25(27(31)32-3)22-14-18-12-8-9-13-21(18)28(22)2/h5-14,19-20,23,25-26H,4,15-16H2,1-3H3/t19-,20+,23-,25?,26?/m0/s1. The highest BCUT2D eigenvalue weighted by molar-refractivity contribution is 5.87. The molecular weight excluding hydrogens is 416 g/mol. The molecule has 2 fully saturated rings. The van der Waals surface area contributed by atoms with Gasteiger partial charge in [0.05, 0.1) is 19.8 Å². The van der Waals surface area contributed by atoms with Gasteiger partial charge in [-0.25, -0.2) is 0 Å². The quantitative estimate of drug-likeness (QED) is 0.545. The molecule has 2 aromatic carbocycles. The summed E-state index contributed by atoms with van der Waals surface area (Å²) in [6.07, 6.45) is 0.759. The number of ether oxygens (including phenoxy) is 2. The third-order valence-electron chi connectivity index (χ3n) is 7.50. The molecule has 2 aliphatic heterocycles. The van der Waals surface area contributed by atoms with E-state index in [0.29, 0.717) is 13.0 Å². The van der Waals surface area contributed by atoms with Crippen LogP contribution in [0.3, 0.4) is 0 Å². The maximum Gasteiger partial charge on any atom is 0.314 e. The van der Waals surface area contributed by atoms with E-state index < -0.39 is 5.92 Å². The lowest BCUT2D eigenvalue weighted by atomic mass is 9.72. The van der Waals surface area contributed by atoms with Crippen molar-refractivity contribution in [2.24, 2.45) is 18.9 Å². The molecule has 0 aliphatic carbocycles. The Morgan fingerprint density at radius 3 is 2.58 bits per heavy atom. The summed E-state index contributed by atoms with van der Waals surface area (Å²) in [6.45, 7) is 2.58. The van der Waals surface area contributed by atoms with E-state index in [9.17, 15) is 9.59 Å². The lowest BCUT2D eigenvalue weighted by Gasteiger charge is -2.44. The highest BCUT2D eigenvalue weighted by atomic mass is 16.5.